The van der Waals surface area contributed by atoms with E-state index < -0.39 is 0 Å². The topological polar surface area (TPSA) is 53.9 Å². The maximum atomic E-state index is 12.8. The summed E-state index contributed by atoms with van der Waals surface area (Å²) >= 11 is 5.31. The number of nitrogens with one attached hydrogen (secondary N) is 1. The van der Waals surface area contributed by atoms with Crippen LogP contribution in [-0.2, 0) is 11.3 Å². The fourth-order valence-corrected chi connectivity index (χ4v) is 5.61. The van der Waals surface area contributed by atoms with Crippen LogP contribution < -0.4 is 0 Å². The van der Waals surface area contributed by atoms with Gasteiger partial charge < -0.3 is 9.47 Å². The number of rotatable bonds is 4. The Kier molecular flexibility index (Phi) is 4.50. The Bertz CT molecular complexity index is 666. The molecule has 0 radical (unpaired) electrons. The molecular weight excluding hydrogens is 320 g/mol. The molecule has 4 atom stereocenters. The summed E-state index contributed by atoms with van der Waals surface area (Å²) in [5.74, 6) is 4.11. The lowest BCUT2D eigenvalue weighted by Crippen LogP contribution is -2.40. The first-order chi connectivity index (χ1) is 11.7. The number of carbonyl (C=O) groups excluding carboxylic acids is 1. The molecule has 1 aromatic heterocycles. The molecule has 3 aliphatic rings. The van der Waals surface area contributed by atoms with Crippen LogP contribution in [0.1, 0.15) is 63.6 Å². The molecule has 0 spiro atoms. The van der Waals surface area contributed by atoms with E-state index >= 15 is 0 Å². The van der Waals surface area contributed by atoms with Gasteiger partial charge in [0, 0.05) is 32.0 Å². The van der Waals surface area contributed by atoms with Gasteiger partial charge in [0.25, 0.3) is 0 Å². The molecule has 4 rings (SSSR count). The zero-order valence-corrected chi connectivity index (χ0v) is 15.4. The summed E-state index contributed by atoms with van der Waals surface area (Å²) in [5.41, 5.74) is 0. The third kappa shape index (κ3) is 2.93. The number of aromatic amines is 1. The molecule has 5 nitrogen and oxygen atoms in total. The van der Waals surface area contributed by atoms with Crippen LogP contribution in [0, 0.1) is 22.5 Å². The summed E-state index contributed by atoms with van der Waals surface area (Å²) in [6.45, 7) is 4.64. The molecule has 3 fully saturated rings. The van der Waals surface area contributed by atoms with Crippen LogP contribution in [-0.4, -0.2) is 38.7 Å². The van der Waals surface area contributed by atoms with Crippen LogP contribution in [0.2, 0.25) is 0 Å². The lowest BCUT2D eigenvalue weighted by atomic mass is 9.85. The van der Waals surface area contributed by atoms with E-state index in [0.29, 0.717) is 22.5 Å². The van der Waals surface area contributed by atoms with Gasteiger partial charge in [0.15, 0.2) is 4.77 Å². The molecule has 24 heavy (non-hydrogen) atoms. The molecule has 2 bridgehead atoms. The van der Waals surface area contributed by atoms with Crippen LogP contribution in [0.3, 0.4) is 0 Å². The second-order valence-electron chi connectivity index (χ2n) is 7.95. The summed E-state index contributed by atoms with van der Waals surface area (Å²) < 4.78 is 2.77. The normalized spacial score (nSPS) is 32.5. The van der Waals surface area contributed by atoms with E-state index in [1.54, 1.807) is 0 Å². The third-order valence-electron chi connectivity index (χ3n) is 6.56. The second-order valence-corrected chi connectivity index (χ2v) is 8.34. The number of piperidine rings is 1. The van der Waals surface area contributed by atoms with Gasteiger partial charge in [0.2, 0.25) is 5.91 Å². The highest BCUT2D eigenvalue weighted by Gasteiger charge is 2.41. The summed E-state index contributed by atoms with van der Waals surface area (Å²) in [6, 6.07) is 0. The molecule has 1 amide bonds. The van der Waals surface area contributed by atoms with Gasteiger partial charge in [-0.3, -0.25) is 9.89 Å². The smallest absolute Gasteiger partial charge is 0.222 e. The predicted octanol–water partition coefficient (Wildman–Crippen LogP) is 3.49. The van der Waals surface area contributed by atoms with Crippen molar-refractivity contribution in [2.75, 3.05) is 13.1 Å². The van der Waals surface area contributed by atoms with Gasteiger partial charge in [-0.15, -0.1) is 0 Å². The quantitative estimate of drug-likeness (QED) is 0.848. The Hall–Kier alpha value is -1.17. The van der Waals surface area contributed by atoms with E-state index in [2.05, 4.69) is 26.6 Å². The van der Waals surface area contributed by atoms with Crippen molar-refractivity contribution in [3.63, 3.8) is 0 Å². The van der Waals surface area contributed by atoms with Gasteiger partial charge >= 0.3 is 0 Å². The zero-order chi connectivity index (χ0) is 16.7. The van der Waals surface area contributed by atoms with Crippen LogP contribution in [0.5, 0.6) is 0 Å². The SMILES string of the molecule is CCn1c([C@H]2CCCN(C(=O)C[C@H]3C[C@H]4CC[C@H]3C4)C2)n[nH]c1=S. The van der Waals surface area contributed by atoms with Crippen molar-refractivity contribution in [2.24, 2.45) is 17.8 Å². The van der Waals surface area contributed by atoms with Crippen LogP contribution in [0.25, 0.3) is 0 Å². The third-order valence-corrected chi connectivity index (χ3v) is 6.88. The maximum Gasteiger partial charge on any atom is 0.222 e. The first kappa shape index (κ1) is 16.3. The molecule has 1 saturated heterocycles. The van der Waals surface area contributed by atoms with Crippen molar-refractivity contribution >= 4 is 18.1 Å². The van der Waals surface area contributed by atoms with E-state index in [1.165, 1.54) is 25.7 Å². The van der Waals surface area contributed by atoms with Crippen LogP contribution >= 0.6 is 12.2 Å². The van der Waals surface area contributed by atoms with Crippen molar-refractivity contribution in [2.45, 2.75) is 64.3 Å². The Morgan fingerprint density at radius 3 is 2.92 bits per heavy atom. The molecule has 2 heterocycles. The number of amides is 1. The maximum absolute atomic E-state index is 12.8. The largest absolute Gasteiger partial charge is 0.342 e. The number of H-pyrrole nitrogens is 1. The number of hydrogen-bond acceptors (Lipinski definition) is 3. The van der Waals surface area contributed by atoms with E-state index in [9.17, 15) is 4.79 Å². The lowest BCUT2D eigenvalue weighted by molar-refractivity contribution is -0.133. The number of fused-ring (bicyclic) bond motifs is 2. The van der Waals surface area contributed by atoms with E-state index in [0.717, 1.165) is 56.6 Å². The highest BCUT2D eigenvalue weighted by molar-refractivity contribution is 7.71. The summed E-state index contributed by atoms with van der Waals surface area (Å²) in [5, 5.41) is 7.37. The number of aromatic nitrogens is 3. The van der Waals surface area contributed by atoms with Crippen molar-refractivity contribution in [3.8, 4) is 0 Å². The Morgan fingerprint density at radius 1 is 1.33 bits per heavy atom. The first-order valence-corrected chi connectivity index (χ1v) is 9.99. The number of carbonyl (C=O) groups is 1. The van der Waals surface area contributed by atoms with Gasteiger partial charge in [-0.05, 0) is 69.0 Å². The molecule has 1 aromatic rings. The minimum absolute atomic E-state index is 0.315. The number of hydrogen-bond donors (Lipinski definition) is 1. The van der Waals surface area contributed by atoms with Gasteiger partial charge in [-0.2, -0.15) is 5.10 Å². The lowest BCUT2D eigenvalue weighted by Gasteiger charge is -2.34. The molecule has 132 valence electrons. The molecular formula is C18H28N4OS. The van der Waals surface area contributed by atoms with Crippen molar-refractivity contribution < 1.29 is 4.79 Å². The highest BCUT2D eigenvalue weighted by Crippen LogP contribution is 2.49. The van der Waals surface area contributed by atoms with Crippen molar-refractivity contribution in [3.05, 3.63) is 10.6 Å². The molecule has 0 unspecified atom stereocenters. The molecule has 1 N–H and O–H groups in total. The molecule has 6 heteroatoms. The minimum atomic E-state index is 0.315. The van der Waals surface area contributed by atoms with Gasteiger partial charge in [0.05, 0.1) is 0 Å². The van der Waals surface area contributed by atoms with E-state index in [-0.39, 0.29) is 0 Å². The van der Waals surface area contributed by atoms with Gasteiger partial charge in [-0.25, -0.2) is 0 Å². The van der Waals surface area contributed by atoms with E-state index in [1.807, 2.05) is 0 Å². The van der Waals surface area contributed by atoms with Gasteiger partial charge in [-0.1, -0.05) is 6.42 Å². The fraction of sp³-hybridized carbons (Fsp3) is 0.833. The molecule has 0 aromatic carbocycles. The highest BCUT2D eigenvalue weighted by atomic mass is 32.1. The van der Waals surface area contributed by atoms with Gasteiger partial charge in [0.1, 0.15) is 5.82 Å². The Balaban J connectivity index is 1.41. The number of nitrogens with zero attached hydrogens (tertiary/aromatic N) is 3. The number of likely N-dealkylation sites (tertiary alicyclic amines) is 1. The van der Waals surface area contributed by atoms with Crippen LogP contribution in [0.15, 0.2) is 0 Å². The monoisotopic (exact) mass is 348 g/mol. The fourth-order valence-electron chi connectivity index (χ4n) is 5.34. The standard InChI is InChI=1S/C18H28N4OS/c1-2-22-17(19-20-18(22)24)14-4-3-7-21(11-14)16(23)10-15-9-12-5-6-13(15)8-12/h12-15H,2-11H2,1H3,(H,20,24)/t12-,13-,14-,15+/m0/s1. The zero-order valence-electron chi connectivity index (χ0n) is 14.5. The predicted molar refractivity (Wildman–Crippen MR) is 95.2 cm³/mol. The summed E-state index contributed by atoms with van der Waals surface area (Å²) in [6.07, 6.45) is 8.37. The van der Waals surface area contributed by atoms with Crippen molar-refractivity contribution in [1.82, 2.24) is 19.7 Å². The van der Waals surface area contributed by atoms with Crippen LogP contribution in [0.4, 0.5) is 0 Å². The summed E-state index contributed by atoms with van der Waals surface area (Å²) in [4.78, 5) is 14.9. The molecule has 1 aliphatic heterocycles. The average molecular weight is 349 g/mol. The average Bonchev–Trinajstić information content (AvgIpc) is 3.30. The second kappa shape index (κ2) is 6.62. The summed E-state index contributed by atoms with van der Waals surface area (Å²) in [7, 11) is 0. The Morgan fingerprint density at radius 2 is 2.21 bits per heavy atom. The molecule has 2 aliphatic carbocycles. The minimum Gasteiger partial charge on any atom is -0.342 e. The Labute approximate surface area is 148 Å². The first-order valence-electron chi connectivity index (χ1n) is 9.58. The van der Waals surface area contributed by atoms with E-state index in [4.69, 9.17) is 12.2 Å². The van der Waals surface area contributed by atoms with Crippen molar-refractivity contribution in [1.29, 1.82) is 0 Å². The molecule has 2 saturated carbocycles.